The summed E-state index contributed by atoms with van der Waals surface area (Å²) in [5.74, 6) is 0.230. The summed E-state index contributed by atoms with van der Waals surface area (Å²) >= 11 is 1.22. The third kappa shape index (κ3) is 5.40. The van der Waals surface area contributed by atoms with E-state index >= 15 is 0 Å². The highest BCUT2D eigenvalue weighted by Crippen LogP contribution is 2.35. The van der Waals surface area contributed by atoms with E-state index in [0.29, 0.717) is 40.1 Å². The third-order valence-corrected chi connectivity index (χ3v) is 7.48. The van der Waals surface area contributed by atoms with Crippen LogP contribution in [0.15, 0.2) is 81.3 Å². The second-order valence-electron chi connectivity index (χ2n) is 8.99. The number of hydrogen-bond acceptors (Lipinski definition) is 7. The molecule has 194 valence electrons. The van der Waals surface area contributed by atoms with Crippen molar-refractivity contribution in [3.05, 3.63) is 83.8 Å². The molecule has 2 aliphatic heterocycles. The number of carbonyl (C=O) groups excluding carboxylic acids is 3. The summed E-state index contributed by atoms with van der Waals surface area (Å²) in [6, 6.07) is 17.6. The van der Waals surface area contributed by atoms with Crippen LogP contribution in [-0.2, 0) is 20.9 Å². The first-order valence-corrected chi connectivity index (χ1v) is 13.2. The Kier molecular flexibility index (Phi) is 7.41. The van der Waals surface area contributed by atoms with Crippen molar-refractivity contribution in [1.82, 2.24) is 10.2 Å². The monoisotopic (exact) mass is 529 g/mol. The number of benzene rings is 2. The Hall–Kier alpha value is -4.18. The minimum absolute atomic E-state index is 0.106. The largest absolute Gasteiger partial charge is 0.467 e. The van der Waals surface area contributed by atoms with E-state index in [2.05, 4.69) is 15.6 Å². The van der Waals surface area contributed by atoms with Crippen molar-refractivity contribution in [2.75, 3.05) is 5.32 Å². The Balaban J connectivity index is 1.35. The molecule has 0 spiro atoms. The molecule has 0 saturated heterocycles. The number of para-hydroxylation sites is 1. The second kappa shape index (κ2) is 11.1. The van der Waals surface area contributed by atoms with Gasteiger partial charge in [-0.25, -0.2) is 9.89 Å². The molecule has 5 rings (SSSR count). The van der Waals surface area contributed by atoms with Crippen molar-refractivity contribution in [3.8, 4) is 0 Å². The van der Waals surface area contributed by atoms with Gasteiger partial charge in [-0.05, 0) is 55.3 Å². The van der Waals surface area contributed by atoms with E-state index in [-0.39, 0.29) is 30.7 Å². The molecule has 0 radical (unpaired) electrons. The zero-order chi connectivity index (χ0) is 26.6. The van der Waals surface area contributed by atoms with Crippen LogP contribution in [0.4, 0.5) is 11.4 Å². The number of furan rings is 1. The van der Waals surface area contributed by atoms with E-state index < -0.39 is 11.3 Å². The predicted octanol–water partition coefficient (Wildman–Crippen LogP) is 4.40. The lowest BCUT2D eigenvalue weighted by Crippen LogP contribution is -2.43. The van der Waals surface area contributed by atoms with Crippen LogP contribution in [0.3, 0.4) is 0 Å². The molecule has 2 atom stereocenters. The maximum absolute atomic E-state index is 13.5. The van der Waals surface area contributed by atoms with Crippen molar-refractivity contribution in [3.63, 3.8) is 0 Å². The fourth-order valence-electron chi connectivity index (χ4n) is 4.26. The average Bonchev–Trinajstić information content (AvgIpc) is 3.54. The summed E-state index contributed by atoms with van der Waals surface area (Å²) < 4.78 is 5.25. The summed E-state index contributed by atoms with van der Waals surface area (Å²) in [6.07, 6.45) is 1.95. The molecule has 3 aromatic rings. The molecule has 2 aromatic carbocycles. The smallest absolute Gasteiger partial charge is 0.259 e. The third-order valence-electron chi connectivity index (χ3n) is 6.16. The molecular weight excluding hydrogens is 502 g/mol. The zero-order valence-corrected chi connectivity index (χ0v) is 21.8. The molecule has 3 heterocycles. The van der Waals surface area contributed by atoms with Gasteiger partial charge < -0.3 is 15.1 Å². The molecule has 0 aliphatic carbocycles. The van der Waals surface area contributed by atoms with Crippen molar-refractivity contribution in [1.29, 1.82) is 0 Å². The highest BCUT2D eigenvalue weighted by atomic mass is 32.2. The van der Waals surface area contributed by atoms with Crippen LogP contribution in [0, 0.1) is 6.92 Å². The quantitative estimate of drug-likeness (QED) is 0.449. The van der Waals surface area contributed by atoms with Crippen molar-refractivity contribution >= 4 is 51.9 Å². The van der Waals surface area contributed by atoms with Gasteiger partial charge in [-0.2, -0.15) is 0 Å². The lowest BCUT2D eigenvalue weighted by atomic mass is 10.1. The Morgan fingerprint density at radius 2 is 1.97 bits per heavy atom. The number of amidine groups is 2. The number of hydrogen-bond donors (Lipinski definition) is 2. The van der Waals surface area contributed by atoms with Crippen LogP contribution in [0.25, 0.3) is 0 Å². The van der Waals surface area contributed by atoms with Gasteiger partial charge in [-0.15, -0.1) is 0 Å². The molecule has 1 aromatic heterocycles. The number of aliphatic imine (C=N–C) groups is 2. The van der Waals surface area contributed by atoms with Gasteiger partial charge in [-0.1, -0.05) is 43.0 Å². The molecule has 0 fully saturated rings. The van der Waals surface area contributed by atoms with E-state index in [1.807, 2.05) is 62.4 Å². The summed E-state index contributed by atoms with van der Waals surface area (Å²) in [4.78, 5) is 50.1. The fraction of sp³-hybridized carbons (Fsp3) is 0.250. The maximum Gasteiger partial charge on any atom is 0.259 e. The summed E-state index contributed by atoms with van der Waals surface area (Å²) in [6.45, 7) is 4.11. The number of thioether (sulfide) groups is 1. The van der Waals surface area contributed by atoms with Gasteiger partial charge in [-0.3, -0.25) is 19.4 Å². The fourth-order valence-corrected chi connectivity index (χ4v) is 5.28. The number of fused-ring (bicyclic) bond motifs is 3. The first kappa shape index (κ1) is 25.5. The van der Waals surface area contributed by atoms with E-state index in [0.717, 1.165) is 5.56 Å². The molecule has 2 aliphatic rings. The number of rotatable bonds is 8. The molecule has 3 amide bonds. The average molecular weight is 530 g/mol. The minimum atomic E-state index is -0.889. The highest BCUT2D eigenvalue weighted by molar-refractivity contribution is 8.15. The molecule has 0 saturated carbocycles. The Morgan fingerprint density at radius 3 is 2.74 bits per heavy atom. The lowest BCUT2D eigenvalue weighted by molar-refractivity contribution is -0.128. The van der Waals surface area contributed by atoms with Crippen LogP contribution < -0.4 is 10.6 Å². The molecule has 0 bridgehead atoms. The summed E-state index contributed by atoms with van der Waals surface area (Å²) in [5, 5.41) is 5.61. The number of aryl methyl sites for hydroxylation is 1. The first-order chi connectivity index (χ1) is 18.4. The summed E-state index contributed by atoms with van der Waals surface area (Å²) in [5.41, 5.74) is 3.13. The topological polar surface area (TPSA) is 116 Å². The first-order valence-electron chi connectivity index (χ1n) is 12.4. The molecular formula is C28H27N5O4S. The zero-order valence-electron chi connectivity index (χ0n) is 21.0. The van der Waals surface area contributed by atoms with Gasteiger partial charge in [0.15, 0.2) is 5.17 Å². The van der Waals surface area contributed by atoms with Crippen LogP contribution in [0.2, 0.25) is 0 Å². The highest BCUT2D eigenvalue weighted by Gasteiger charge is 2.43. The van der Waals surface area contributed by atoms with Gasteiger partial charge >= 0.3 is 0 Å². The van der Waals surface area contributed by atoms with Crippen molar-refractivity contribution in [2.45, 2.75) is 44.5 Å². The van der Waals surface area contributed by atoms with E-state index in [4.69, 9.17) is 9.41 Å². The van der Waals surface area contributed by atoms with Crippen LogP contribution in [0.1, 0.15) is 36.7 Å². The Labute approximate surface area is 224 Å². The van der Waals surface area contributed by atoms with Gasteiger partial charge in [0.1, 0.15) is 17.6 Å². The minimum Gasteiger partial charge on any atom is -0.467 e. The van der Waals surface area contributed by atoms with Gasteiger partial charge in [0.25, 0.3) is 5.91 Å². The Bertz CT molecular complexity index is 1430. The van der Waals surface area contributed by atoms with E-state index in [9.17, 15) is 14.4 Å². The van der Waals surface area contributed by atoms with Crippen LogP contribution in [-0.4, -0.2) is 44.9 Å². The molecule has 2 unspecified atom stereocenters. The molecule has 38 heavy (non-hydrogen) atoms. The SMILES string of the molecule is CCC(SC1=Nc2ccccc2C2=NC(CC(=O)NCc3ccco3)C(=O)N12)C(=O)Nc1cccc(C)c1. The maximum atomic E-state index is 13.5. The number of carbonyl (C=O) groups is 3. The van der Waals surface area contributed by atoms with Gasteiger partial charge in [0.05, 0.1) is 30.2 Å². The standard InChI is InChI=1S/C28H27N5O4S/c1-3-23(26(35)30-18-9-6-8-17(2)14-18)38-28-32-21-12-5-4-11-20(21)25-31-22(27(36)33(25)28)15-24(34)29-16-19-10-7-13-37-19/h4-14,22-23H,3,15-16H2,1-2H3,(H,29,34)(H,30,35). The van der Waals surface area contributed by atoms with Crippen molar-refractivity contribution in [2.24, 2.45) is 9.98 Å². The number of nitrogens with zero attached hydrogens (tertiary/aromatic N) is 3. The number of amides is 3. The number of anilines is 1. The van der Waals surface area contributed by atoms with Crippen LogP contribution >= 0.6 is 11.8 Å². The van der Waals surface area contributed by atoms with Crippen molar-refractivity contribution < 1.29 is 18.8 Å². The normalized spacial score (nSPS) is 16.7. The molecule has 9 nitrogen and oxygen atoms in total. The van der Waals surface area contributed by atoms with E-state index in [1.165, 1.54) is 22.9 Å². The molecule has 2 N–H and O–H groups in total. The van der Waals surface area contributed by atoms with Gasteiger partial charge in [0.2, 0.25) is 11.8 Å². The van der Waals surface area contributed by atoms with Gasteiger partial charge in [0, 0.05) is 11.3 Å². The Morgan fingerprint density at radius 1 is 1.13 bits per heavy atom. The summed E-state index contributed by atoms with van der Waals surface area (Å²) in [7, 11) is 0. The number of nitrogens with one attached hydrogen (secondary N) is 2. The predicted molar refractivity (Wildman–Crippen MR) is 147 cm³/mol. The second-order valence-corrected chi connectivity index (χ2v) is 10.2. The van der Waals surface area contributed by atoms with E-state index in [1.54, 1.807) is 12.1 Å². The lowest BCUT2D eigenvalue weighted by Gasteiger charge is -2.27. The van der Waals surface area contributed by atoms with Crippen LogP contribution in [0.5, 0.6) is 0 Å². The molecule has 10 heteroatoms.